The van der Waals surface area contributed by atoms with Gasteiger partial charge in [-0.1, -0.05) is 18.2 Å². The molecule has 72 valence electrons. The normalized spacial score (nSPS) is 8.23. The fourth-order valence-electron chi connectivity index (χ4n) is 0.692. The van der Waals surface area contributed by atoms with Crippen LogP contribution in [0.5, 0.6) is 0 Å². The van der Waals surface area contributed by atoms with Crippen LogP contribution in [0.4, 0.5) is 0 Å². The lowest BCUT2D eigenvalue weighted by molar-refractivity contribution is 0.0601. The van der Waals surface area contributed by atoms with Gasteiger partial charge in [0.05, 0.1) is 12.7 Å². The third-order valence-electron chi connectivity index (χ3n) is 1.19. The van der Waals surface area contributed by atoms with Gasteiger partial charge < -0.3 is 9.47 Å². The maximum Gasteiger partial charge on any atom is 0.337 e. The monoisotopic (exact) mass is 182 g/mol. The highest BCUT2D eigenvalue weighted by atomic mass is 16.5. The van der Waals surface area contributed by atoms with Crippen LogP contribution in [0.1, 0.15) is 10.4 Å². The topological polar surface area (TPSA) is 35.5 Å². The SMILES string of the molecule is COC.COC(=O)c1ccccc1. The molecule has 0 N–H and O–H groups in total. The van der Waals surface area contributed by atoms with Gasteiger partial charge in [-0.3, -0.25) is 0 Å². The molecule has 0 radical (unpaired) electrons. The molecule has 3 heteroatoms. The van der Waals surface area contributed by atoms with Crippen LogP contribution in [-0.4, -0.2) is 27.3 Å². The van der Waals surface area contributed by atoms with E-state index in [0.29, 0.717) is 5.56 Å². The summed E-state index contributed by atoms with van der Waals surface area (Å²) in [5.41, 5.74) is 0.588. The van der Waals surface area contributed by atoms with Crippen LogP contribution in [0, 0.1) is 0 Å². The fraction of sp³-hybridized carbons (Fsp3) is 0.300. The highest BCUT2D eigenvalue weighted by Gasteiger charge is 2.00. The van der Waals surface area contributed by atoms with E-state index >= 15 is 0 Å². The highest BCUT2D eigenvalue weighted by Crippen LogP contribution is 1.98. The van der Waals surface area contributed by atoms with Gasteiger partial charge in [-0.05, 0) is 12.1 Å². The Bertz CT molecular complexity index is 231. The van der Waals surface area contributed by atoms with Crippen molar-refractivity contribution in [2.45, 2.75) is 0 Å². The second-order valence-electron chi connectivity index (χ2n) is 2.27. The Kier molecular flexibility index (Phi) is 6.55. The van der Waals surface area contributed by atoms with E-state index in [1.807, 2.05) is 6.07 Å². The molecule has 0 saturated heterocycles. The number of hydrogen-bond acceptors (Lipinski definition) is 3. The van der Waals surface area contributed by atoms with Crippen molar-refractivity contribution in [3.8, 4) is 0 Å². The molecule has 0 aliphatic heterocycles. The lowest BCUT2D eigenvalue weighted by atomic mass is 10.2. The number of carbonyl (C=O) groups excluding carboxylic acids is 1. The maximum absolute atomic E-state index is 10.8. The van der Waals surface area contributed by atoms with E-state index in [2.05, 4.69) is 9.47 Å². The Labute approximate surface area is 78.3 Å². The van der Waals surface area contributed by atoms with Gasteiger partial charge in [0.1, 0.15) is 0 Å². The van der Waals surface area contributed by atoms with Gasteiger partial charge in [0, 0.05) is 14.2 Å². The molecule has 1 aromatic rings. The summed E-state index contributed by atoms with van der Waals surface area (Å²) in [5.74, 6) is -0.291. The minimum absolute atomic E-state index is 0.291. The zero-order chi connectivity index (χ0) is 10.1. The average Bonchev–Trinajstić information content (AvgIpc) is 2.19. The molecule has 0 aromatic heterocycles. The lowest BCUT2D eigenvalue weighted by Crippen LogP contribution is -1.99. The molecule has 0 bridgehead atoms. The number of methoxy groups -OCH3 is 2. The fourth-order valence-corrected chi connectivity index (χ4v) is 0.692. The minimum atomic E-state index is -0.291. The number of esters is 1. The van der Waals surface area contributed by atoms with Gasteiger partial charge >= 0.3 is 5.97 Å². The Balaban J connectivity index is 0.000000424. The van der Waals surface area contributed by atoms with Crippen molar-refractivity contribution < 1.29 is 14.3 Å². The van der Waals surface area contributed by atoms with Crippen molar-refractivity contribution in [2.75, 3.05) is 21.3 Å². The van der Waals surface area contributed by atoms with Gasteiger partial charge in [-0.25, -0.2) is 4.79 Å². The first kappa shape index (κ1) is 11.6. The quantitative estimate of drug-likeness (QED) is 0.620. The molecular formula is C10H14O3. The van der Waals surface area contributed by atoms with Crippen molar-refractivity contribution in [3.05, 3.63) is 35.9 Å². The molecular weight excluding hydrogens is 168 g/mol. The Morgan fingerprint density at radius 3 is 1.92 bits per heavy atom. The Hall–Kier alpha value is -1.35. The molecule has 1 aromatic carbocycles. The van der Waals surface area contributed by atoms with E-state index in [1.54, 1.807) is 38.5 Å². The number of carbonyl (C=O) groups is 1. The van der Waals surface area contributed by atoms with Crippen molar-refractivity contribution in [2.24, 2.45) is 0 Å². The first-order valence-electron chi connectivity index (χ1n) is 3.79. The summed E-state index contributed by atoms with van der Waals surface area (Å²) in [6, 6.07) is 8.88. The first-order valence-corrected chi connectivity index (χ1v) is 3.79. The third kappa shape index (κ3) is 4.98. The molecule has 0 atom stereocenters. The number of benzene rings is 1. The van der Waals surface area contributed by atoms with Crippen LogP contribution < -0.4 is 0 Å². The average molecular weight is 182 g/mol. The van der Waals surface area contributed by atoms with Crippen LogP contribution in [0.15, 0.2) is 30.3 Å². The zero-order valence-corrected chi connectivity index (χ0v) is 8.11. The van der Waals surface area contributed by atoms with Crippen LogP contribution >= 0.6 is 0 Å². The zero-order valence-electron chi connectivity index (χ0n) is 8.11. The summed E-state index contributed by atoms with van der Waals surface area (Å²) in [4.78, 5) is 10.8. The molecule has 0 heterocycles. The molecule has 0 unspecified atom stereocenters. The largest absolute Gasteiger partial charge is 0.465 e. The van der Waals surface area contributed by atoms with Gasteiger partial charge in [-0.2, -0.15) is 0 Å². The predicted molar refractivity (Wildman–Crippen MR) is 50.7 cm³/mol. The second kappa shape index (κ2) is 7.31. The summed E-state index contributed by atoms with van der Waals surface area (Å²) in [6.07, 6.45) is 0. The standard InChI is InChI=1S/C8H8O2.C2H6O/c1-10-8(9)7-5-3-2-4-6-7;1-3-2/h2-6H,1H3;1-2H3. The van der Waals surface area contributed by atoms with Crippen molar-refractivity contribution >= 4 is 5.97 Å². The summed E-state index contributed by atoms with van der Waals surface area (Å²) in [7, 11) is 4.62. The summed E-state index contributed by atoms with van der Waals surface area (Å²) in [6.45, 7) is 0. The van der Waals surface area contributed by atoms with Gasteiger partial charge in [-0.15, -0.1) is 0 Å². The molecule has 0 aliphatic carbocycles. The van der Waals surface area contributed by atoms with E-state index in [0.717, 1.165) is 0 Å². The molecule has 0 saturated carbocycles. The van der Waals surface area contributed by atoms with Crippen molar-refractivity contribution in [3.63, 3.8) is 0 Å². The minimum Gasteiger partial charge on any atom is -0.465 e. The highest BCUT2D eigenvalue weighted by molar-refractivity contribution is 5.89. The van der Waals surface area contributed by atoms with Gasteiger partial charge in [0.2, 0.25) is 0 Å². The predicted octanol–water partition coefficient (Wildman–Crippen LogP) is 1.74. The van der Waals surface area contributed by atoms with Crippen molar-refractivity contribution in [1.29, 1.82) is 0 Å². The van der Waals surface area contributed by atoms with E-state index in [-0.39, 0.29) is 5.97 Å². The number of rotatable bonds is 1. The Morgan fingerprint density at radius 1 is 1.08 bits per heavy atom. The summed E-state index contributed by atoms with van der Waals surface area (Å²) < 4.78 is 8.75. The summed E-state index contributed by atoms with van der Waals surface area (Å²) >= 11 is 0. The molecule has 1 rings (SSSR count). The molecule has 0 amide bonds. The molecule has 3 nitrogen and oxygen atoms in total. The van der Waals surface area contributed by atoms with Crippen LogP contribution in [0.3, 0.4) is 0 Å². The lowest BCUT2D eigenvalue weighted by Gasteiger charge is -1.95. The first-order chi connectivity index (χ1) is 6.26. The molecule has 13 heavy (non-hydrogen) atoms. The smallest absolute Gasteiger partial charge is 0.337 e. The molecule has 0 spiro atoms. The van der Waals surface area contributed by atoms with E-state index < -0.39 is 0 Å². The van der Waals surface area contributed by atoms with Crippen LogP contribution in [0.25, 0.3) is 0 Å². The maximum atomic E-state index is 10.8. The molecule has 0 fully saturated rings. The molecule has 0 aliphatic rings. The second-order valence-corrected chi connectivity index (χ2v) is 2.27. The van der Waals surface area contributed by atoms with Crippen molar-refractivity contribution in [1.82, 2.24) is 0 Å². The summed E-state index contributed by atoms with van der Waals surface area (Å²) in [5, 5.41) is 0. The van der Waals surface area contributed by atoms with Gasteiger partial charge in [0.25, 0.3) is 0 Å². The van der Waals surface area contributed by atoms with Crippen LogP contribution in [0.2, 0.25) is 0 Å². The van der Waals surface area contributed by atoms with Crippen LogP contribution in [-0.2, 0) is 9.47 Å². The number of ether oxygens (including phenoxy) is 2. The van der Waals surface area contributed by atoms with E-state index in [9.17, 15) is 4.79 Å². The van der Waals surface area contributed by atoms with E-state index in [4.69, 9.17) is 0 Å². The van der Waals surface area contributed by atoms with E-state index in [1.165, 1.54) is 7.11 Å². The third-order valence-corrected chi connectivity index (χ3v) is 1.19. The number of hydrogen-bond donors (Lipinski definition) is 0. The Morgan fingerprint density at radius 2 is 1.54 bits per heavy atom. The van der Waals surface area contributed by atoms with Gasteiger partial charge in [0.15, 0.2) is 0 Å².